The maximum Gasteiger partial charge on any atom is 0.142 e. The van der Waals surface area contributed by atoms with Gasteiger partial charge in [-0.1, -0.05) is 23.7 Å². The van der Waals surface area contributed by atoms with Crippen molar-refractivity contribution in [3.8, 4) is 0 Å². The lowest BCUT2D eigenvalue weighted by Gasteiger charge is -2.27. The zero-order chi connectivity index (χ0) is 14.0. The number of nitrogens with zero attached hydrogens (tertiary/aromatic N) is 2. The molecule has 0 bridgehead atoms. The topological polar surface area (TPSA) is 26.7 Å². The van der Waals surface area contributed by atoms with E-state index in [0.29, 0.717) is 13.1 Å². The second kappa shape index (κ2) is 6.18. The minimum absolute atomic E-state index is 0.187. The van der Waals surface area contributed by atoms with Crippen LogP contribution in [-0.4, -0.2) is 54.2 Å². The molecule has 0 aromatic heterocycles. The molecule has 1 aromatic carbocycles. The van der Waals surface area contributed by atoms with Crippen molar-refractivity contribution >= 4 is 11.6 Å². The standard InChI is InChI=1S/C14H20ClFN2O/c1-17(2)8-11-6-12(19)9-18(11)7-10-4-3-5-13(16)14(10)15/h3-5,11-12,19H,6-9H2,1-2H3. The number of benzene rings is 1. The van der Waals surface area contributed by atoms with Crippen LogP contribution >= 0.6 is 11.6 Å². The second-order valence-corrected chi connectivity index (χ2v) is 5.83. The number of aliphatic hydroxyl groups excluding tert-OH is 1. The molecule has 0 spiro atoms. The lowest BCUT2D eigenvalue weighted by molar-refractivity contribution is 0.169. The van der Waals surface area contributed by atoms with Gasteiger partial charge in [0.05, 0.1) is 11.1 Å². The smallest absolute Gasteiger partial charge is 0.142 e. The van der Waals surface area contributed by atoms with E-state index in [9.17, 15) is 9.50 Å². The minimum atomic E-state index is -0.386. The normalized spacial score (nSPS) is 24.3. The van der Waals surface area contributed by atoms with Gasteiger partial charge in [-0.25, -0.2) is 4.39 Å². The molecule has 1 N–H and O–H groups in total. The van der Waals surface area contributed by atoms with Gasteiger partial charge >= 0.3 is 0 Å². The van der Waals surface area contributed by atoms with Gasteiger partial charge in [0, 0.05) is 25.7 Å². The van der Waals surface area contributed by atoms with Gasteiger partial charge in [-0.3, -0.25) is 4.90 Å². The van der Waals surface area contributed by atoms with E-state index in [1.165, 1.54) is 6.07 Å². The molecule has 106 valence electrons. The zero-order valence-corrected chi connectivity index (χ0v) is 12.1. The summed E-state index contributed by atoms with van der Waals surface area (Å²) in [5.41, 5.74) is 0.777. The van der Waals surface area contributed by atoms with Gasteiger partial charge < -0.3 is 10.0 Å². The summed E-state index contributed by atoms with van der Waals surface area (Å²) in [6.07, 6.45) is 0.447. The Hall–Kier alpha value is -0.680. The van der Waals surface area contributed by atoms with Crippen LogP contribution < -0.4 is 0 Å². The molecule has 1 aliphatic rings. The SMILES string of the molecule is CN(C)CC1CC(O)CN1Cc1cccc(F)c1Cl. The lowest BCUT2D eigenvalue weighted by Crippen LogP contribution is -2.37. The average Bonchev–Trinajstić information content (AvgIpc) is 2.64. The number of β-amino-alcohol motifs (C(OH)–C–C–N with tert-alkyl or cyclic N) is 1. The van der Waals surface area contributed by atoms with E-state index in [2.05, 4.69) is 9.80 Å². The largest absolute Gasteiger partial charge is 0.392 e. The van der Waals surface area contributed by atoms with E-state index in [1.54, 1.807) is 6.07 Å². The molecule has 3 nitrogen and oxygen atoms in total. The van der Waals surface area contributed by atoms with E-state index >= 15 is 0 Å². The first kappa shape index (κ1) is 14.7. The second-order valence-electron chi connectivity index (χ2n) is 5.45. The summed E-state index contributed by atoms with van der Waals surface area (Å²) < 4.78 is 13.4. The first-order valence-corrected chi connectivity index (χ1v) is 6.85. The van der Waals surface area contributed by atoms with E-state index in [4.69, 9.17) is 11.6 Å². The van der Waals surface area contributed by atoms with Crippen molar-refractivity contribution in [2.45, 2.75) is 25.1 Å². The average molecular weight is 287 g/mol. The van der Waals surface area contributed by atoms with Crippen LogP contribution in [-0.2, 0) is 6.54 Å². The van der Waals surface area contributed by atoms with E-state index in [1.807, 2.05) is 20.2 Å². The zero-order valence-electron chi connectivity index (χ0n) is 11.3. The Bertz CT molecular complexity index is 441. The molecule has 0 radical (unpaired) electrons. The van der Waals surface area contributed by atoms with Gasteiger partial charge in [0.1, 0.15) is 5.82 Å². The Morgan fingerprint density at radius 3 is 2.89 bits per heavy atom. The maximum atomic E-state index is 13.4. The number of hydrogen-bond donors (Lipinski definition) is 1. The lowest BCUT2D eigenvalue weighted by atomic mass is 10.1. The number of halogens is 2. The highest BCUT2D eigenvalue weighted by molar-refractivity contribution is 6.31. The van der Waals surface area contributed by atoms with Gasteiger partial charge in [-0.05, 0) is 32.1 Å². The third kappa shape index (κ3) is 3.66. The van der Waals surface area contributed by atoms with Crippen molar-refractivity contribution in [1.82, 2.24) is 9.80 Å². The molecule has 2 rings (SSSR count). The van der Waals surface area contributed by atoms with Crippen LogP contribution in [0.4, 0.5) is 4.39 Å². The predicted octanol–water partition coefficient (Wildman–Crippen LogP) is 1.98. The number of likely N-dealkylation sites (N-methyl/N-ethyl adjacent to an activating group) is 1. The van der Waals surface area contributed by atoms with Crippen LogP contribution in [0.3, 0.4) is 0 Å². The number of aliphatic hydroxyl groups is 1. The first-order valence-electron chi connectivity index (χ1n) is 6.47. The molecule has 19 heavy (non-hydrogen) atoms. The third-order valence-electron chi connectivity index (χ3n) is 3.49. The Labute approximate surface area is 118 Å². The summed E-state index contributed by atoms with van der Waals surface area (Å²) in [6, 6.07) is 5.15. The molecule has 5 heteroatoms. The molecule has 1 saturated heterocycles. The quantitative estimate of drug-likeness (QED) is 0.917. The first-order chi connectivity index (χ1) is 8.97. The van der Waals surface area contributed by atoms with Crippen LogP contribution in [0.5, 0.6) is 0 Å². The molecule has 0 aliphatic carbocycles. The van der Waals surface area contributed by atoms with Gasteiger partial charge in [0.25, 0.3) is 0 Å². The summed E-state index contributed by atoms with van der Waals surface area (Å²) in [7, 11) is 4.02. The Balaban J connectivity index is 2.10. The maximum absolute atomic E-state index is 13.4. The Kier molecular flexibility index (Phi) is 4.79. The van der Waals surface area contributed by atoms with Crippen LogP contribution in [0, 0.1) is 5.82 Å². The molecule has 0 amide bonds. The third-order valence-corrected chi connectivity index (χ3v) is 3.91. The van der Waals surface area contributed by atoms with E-state index < -0.39 is 0 Å². The van der Waals surface area contributed by atoms with Gasteiger partial charge in [0.15, 0.2) is 0 Å². The van der Waals surface area contributed by atoms with Gasteiger partial charge in [-0.2, -0.15) is 0 Å². The fourth-order valence-corrected chi connectivity index (χ4v) is 2.84. The molecule has 2 atom stereocenters. The summed E-state index contributed by atoms with van der Waals surface area (Å²) in [4.78, 5) is 4.27. The fraction of sp³-hybridized carbons (Fsp3) is 0.571. The molecule has 1 fully saturated rings. The molecule has 1 heterocycles. The van der Waals surface area contributed by atoms with Crippen LogP contribution in [0.1, 0.15) is 12.0 Å². The van der Waals surface area contributed by atoms with Crippen LogP contribution in [0.2, 0.25) is 5.02 Å². The summed E-state index contributed by atoms with van der Waals surface area (Å²) in [5.74, 6) is -0.386. The van der Waals surface area contributed by atoms with Crippen molar-refractivity contribution in [3.05, 3.63) is 34.6 Å². The molecular weight excluding hydrogens is 267 g/mol. The van der Waals surface area contributed by atoms with Crippen molar-refractivity contribution in [1.29, 1.82) is 0 Å². The summed E-state index contributed by atoms with van der Waals surface area (Å²) in [5, 5.41) is 10.0. The predicted molar refractivity (Wildman–Crippen MR) is 74.8 cm³/mol. The Morgan fingerprint density at radius 1 is 1.47 bits per heavy atom. The molecule has 2 unspecified atom stereocenters. The Morgan fingerprint density at radius 2 is 2.21 bits per heavy atom. The number of hydrogen-bond acceptors (Lipinski definition) is 3. The highest BCUT2D eigenvalue weighted by Crippen LogP contribution is 2.25. The van der Waals surface area contributed by atoms with Gasteiger partial charge in [0.2, 0.25) is 0 Å². The molecule has 0 saturated carbocycles. The van der Waals surface area contributed by atoms with Crippen molar-refractivity contribution in [3.63, 3.8) is 0 Å². The summed E-state index contributed by atoms with van der Waals surface area (Å²) in [6.45, 7) is 2.07. The highest BCUT2D eigenvalue weighted by Gasteiger charge is 2.31. The molecular formula is C14H20ClFN2O. The fourth-order valence-electron chi connectivity index (χ4n) is 2.65. The van der Waals surface area contributed by atoms with E-state index in [0.717, 1.165) is 18.5 Å². The van der Waals surface area contributed by atoms with E-state index in [-0.39, 0.29) is 23.0 Å². The monoisotopic (exact) mass is 286 g/mol. The summed E-state index contributed by atoms with van der Waals surface area (Å²) >= 11 is 5.99. The number of rotatable bonds is 4. The number of likely N-dealkylation sites (tertiary alicyclic amines) is 1. The molecule has 1 aromatic rings. The van der Waals surface area contributed by atoms with Crippen LogP contribution in [0.15, 0.2) is 18.2 Å². The van der Waals surface area contributed by atoms with Gasteiger partial charge in [-0.15, -0.1) is 0 Å². The van der Waals surface area contributed by atoms with Crippen molar-refractivity contribution < 1.29 is 9.50 Å². The highest BCUT2D eigenvalue weighted by atomic mass is 35.5. The molecule has 1 aliphatic heterocycles. The van der Waals surface area contributed by atoms with Crippen molar-refractivity contribution in [2.24, 2.45) is 0 Å². The minimum Gasteiger partial charge on any atom is -0.392 e. The van der Waals surface area contributed by atoms with Crippen molar-refractivity contribution in [2.75, 3.05) is 27.2 Å². The van der Waals surface area contributed by atoms with Crippen LogP contribution in [0.25, 0.3) is 0 Å².